The molecule has 0 bridgehead atoms. The van der Waals surface area contributed by atoms with Crippen molar-refractivity contribution in [3.05, 3.63) is 41.4 Å². The van der Waals surface area contributed by atoms with Crippen LogP contribution in [0.3, 0.4) is 0 Å². The molecule has 0 spiro atoms. The summed E-state index contributed by atoms with van der Waals surface area (Å²) in [4.78, 5) is 16.1. The van der Waals surface area contributed by atoms with Gasteiger partial charge in [0.1, 0.15) is 5.75 Å². The monoisotopic (exact) mass is 416 g/mol. The van der Waals surface area contributed by atoms with Gasteiger partial charge in [0.25, 0.3) is 0 Å². The van der Waals surface area contributed by atoms with Crippen molar-refractivity contribution in [2.45, 2.75) is 19.9 Å². The molecule has 1 aliphatic rings. The number of likely N-dealkylation sites (N-methyl/N-ethyl adjacent to an activating group) is 1. The van der Waals surface area contributed by atoms with Gasteiger partial charge in [-0.2, -0.15) is 0 Å². The molecule has 1 aromatic heterocycles. The number of hydrogen-bond acceptors (Lipinski definition) is 6. The molecule has 158 valence electrons. The average Bonchev–Trinajstić information content (AvgIpc) is 3.31. The SMILES string of the molecule is CCN(CC)C(CN=C(N)N1CCN(c2nccs2)CC1)c1cccc(OC)c1. The molecule has 29 heavy (non-hydrogen) atoms. The largest absolute Gasteiger partial charge is 0.497 e. The Bertz CT molecular complexity index is 769. The maximum absolute atomic E-state index is 6.38. The first kappa shape index (κ1) is 21.4. The lowest BCUT2D eigenvalue weighted by molar-refractivity contribution is 0.223. The number of aromatic nitrogens is 1. The normalized spacial score (nSPS) is 16.3. The number of nitrogens with zero attached hydrogens (tertiary/aromatic N) is 5. The number of nitrogens with two attached hydrogens (primary N) is 1. The number of hydrogen-bond donors (Lipinski definition) is 1. The lowest BCUT2D eigenvalue weighted by atomic mass is 10.0. The van der Waals surface area contributed by atoms with Gasteiger partial charge in [0.05, 0.1) is 19.7 Å². The van der Waals surface area contributed by atoms with E-state index in [0.29, 0.717) is 12.5 Å². The number of ether oxygens (including phenoxy) is 1. The zero-order chi connectivity index (χ0) is 20.6. The second-order valence-electron chi connectivity index (χ2n) is 7.00. The van der Waals surface area contributed by atoms with Crippen molar-refractivity contribution in [1.29, 1.82) is 0 Å². The maximum Gasteiger partial charge on any atom is 0.191 e. The Balaban J connectivity index is 1.66. The summed E-state index contributed by atoms with van der Waals surface area (Å²) < 4.78 is 5.42. The van der Waals surface area contributed by atoms with Crippen LogP contribution in [0.2, 0.25) is 0 Å². The number of benzene rings is 1. The van der Waals surface area contributed by atoms with Crippen LogP contribution in [-0.2, 0) is 0 Å². The van der Waals surface area contributed by atoms with Crippen LogP contribution in [-0.4, -0.2) is 73.7 Å². The average molecular weight is 417 g/mol. The van der Waals surface area contributed by atoms with E-state index in [1.54, 1.807) is 18.4 Å². The van der Waals surface area contributed by atoms with E-state index < -0.39 is 0 Å². The number of methoxy groups -OCH3 is 1. The van der Waals surface area contributed by atoms with Crippen LogP contribution in [0.15, 0.2) is 40.8 Å². The lowest BCUT2D eigenvalue weighted by Crippen LogP contribution is -2.51. The van der Waals surface area contributed by atoms with Crippen molar-refractivity contribution in [1.82, 2.24) is 14.8 Å². The molecule has 1 atom stereocenters. The van der Waals surface area contributed by atoms with Crippen LogP contribution in [0.1, 0.15) is 25.5 Å². The van der Waals surface area contributed by atoms with E-state index >= 15 is 0 Å². The fourth-order valence-electron chi connectivity index (χ4n) is 3.72. The minimum Gasteiger partial charge on any atom is -0.497 e. The molecule has 0 saturated carbocycles. The number of aliphatic imine (C=N–C) groups is 1. The van der Waals surface area contributed by atoms with Crippen LogP contribution in [0.25, 0.3) is 0 Å². The van der Waals surface area contributed by atoms with Gasteiger partial charge in [0.15, 0.2) is 11.1 Å². The quantitative estimate of drug-likeness (QED) is 0.527. The summed E-state index contributed by atoms with van der Waals surface area (Å²) in [5.41, 5.74) is 7.59. The Hall–Kier alpha value is -2.32. The first-order chi connectivity index (χ1) is 14.2. The predicted molar refractivity (Wildman–Crippen MR) is 121 cm³/mol. The molecule has 2 N–H and O–H groups in total. The van der Waals surface area contributed by atoms with E-state index in [1.807, 2.05) is 23.7 Å². The van der Waals surface area contributed by atoms with Crippen molar-refractivity contribution in [2.24, 2.45) is 10.7 Å². The first-order valence-corrected chi connectivity index (χ1v) is 11.1. The summed E-state index contributed by atoms with van der Waals surface area (Å²) in [7, 11) is 1.70. The van der Waals surface area contributed by atoms with Crippen molar-refractivity contribution in [3.8, 4) is 5.75 Å². The van der Waals surface area contributed by atoms with Crippen molar-refractivity contribution >= 4 is 22.4 Å². The molecule has 1 saturated heterocycles. The number of thiazole rings is 1. The Labute approximate surface area is 177 Å². The van der Waals surface area contributed by atoms with E-state index in [0.717, 1.165) is 50.1 Å². The van der Waals surface area contributed by atoms with Gasteiger partial charge in [-0.1, -0.05) is 26.0 Å². The molecule has 0 radical (unpaired) electrons. The van der Waals surface area contributed by atoms with Crippen LogP contribution < -0.4 is 15.4 Å². The molecular formula is C21H32N6OS. The van der Waals surface area contributed by atoms with Gasteiger partial charge in [-0.15, -0.1) is 11.3 Å². The van der Waals surface area contributed by atoms with Crippen LogP contribution in [0.4, 0.5) is 5.13 Å². The van der Waals surface area contributed by atoms with Crippen molar-refractivity contribution < 1.29 is 4.74 Å². The molecule has 1 aromatic carbocycles. The minimum absolute atomic E-state index is 0.176. The Morgan fingerprint density at radius 3 is 2.66 bits per heavy atom. The fourth-order valence-corrected chi connectivity index (χ4v) is 4.42. The number of rotatable bonds is 8. The van der Waals surface area contributed by atoms with Gasteiger partial charge in [-0.05, 0) is 30.8 Å². The summed E-state index contributed by atoms with van der Waals surface area (Å²) >= 11 is 1.68. The van der Waals surface area contributed by atoms with Gasteiger partial charge in [-0.25, -0.2) is 4.98 Å². The highest BCUT2D eigenvalue weighted by Gasteiger charge is 2.22. The van der Waals surface area contributed by atoms with E-state index in [9.17, 15) is 0 Å². The highest BCUT2D eigenvalue weighted by atomic mass is 32.1. The van der Waals surface area contributed by atoms with Crippen LogP contribution >= 0.6 is 11.3 Å². The maximum atomic E-state index is 6.38. The molecule has 0 amide bonds. The highest BCUT2D eigenvalue weighted by Crippen LogP contribution is 2.25. The van der Waals surface area contributed by atoms with E-state index in [-0.39, 0.29) is 6.04 Å². The minimum atomic E-state index is 0.176. The second kappa shape index (κ2) is 10.5. The molecular weight excluding hydrogens is 384 g/mol. The number of piperazine rings is 1. The Morgan fingerprint density at radius 2 is 2.03 bits per heavy atom. The lowest BCUT2D eigenvalue weighted by Gasteiger charge is -2.35. The molecule has 3 rings (SSSR count). The van der Waals surface area contributed by atoms with Crippen molar-refractivity contribution in [3.63, 3.8) is 0 Å². The molecule has 1 fully saturated rings. The number of anilines is 1. The predicted octanol–water partition coefficient (Wildman–Crippen LogP) is 2.67. The summed E-state index contributed by atoms with van der Waals surface area (Å²) in [6, 6.07) is 8.43. The topological polar surface area (TPSA) is 70.2 Å². The second-order valence-corrected chi connectivity index (χ2v) is 7.87. The molecule has 2 heterocycles. The molecule has 2 aromatic rings. The molecule has 1 unspecified atom stereocenters. The Morgan fingerprint density at radius 1 is 1.28 bits per heavy atom. The summed E-state index contributed by atoms with van der Waals surface area (Å²) in [6.07, 6.45) is 1.86. The third-order valence-electron chi connectivity index (χ3n) is 5.45. The van der Waals surface area contributed by atoms with E-state index in [2.05, 4.69) is 45.7 Å². The molecule has 1 aliphatic heterocycles. The Kier molecular flexibility index (Phi) is 7.71. The van der Waals surface area contributed by atoms with Gasteiger partial charge in [0.2, 0.25) is 0 Å². The molecule has 0 aliphatic carbocycles. The van der Waals surface area contributed by atoms with Gasteiger partial charge >= 0.3 is 0 Å². The summed E-state index contributed by atoms with van der Waals surface area (Å²) in [5.74, 6) is 1.50. The van der Waals surface area contributed by atoms with Crippen LogP contribution in [0.5, 0.6) is 5.75 Å². The zero-order valence-corrected chi connectivity index (χ0v) is 18.4. The highest BCUT2D eigenvalue weighted by molar-refractivity contribution is 7.13. The smallest absolute Gasteiger partial charge is 0.191 e. The molecule has 8 heteroatoms. The fraction of sp³-hybridized carbons (Fsp3) is 0.524. The summed E-state index contributed by atoms with van der Waals surface area (Å²) in [5, 5.41) is 3.10. The zero-order valence-electron chi connectivity index (χ0n) is 17.6. The van der Waals surface area contributed by atoms with E-state index in [1.165, 1.54) is 5.56 Å². The standard InChI is InChI=1S/C21H32N6OS/c1-4-25(5-2)19(17-7-6-8-18(15-17)28-3)16-24-20(22)26-10-12-27(13-11-26)21-23-9-14-29-21/h6-9,14-15,19H,4-5,10-13,16H2,1-3H3,(H2,22,24). The van der Waals surface area contributed by atoms with Crippen LogP contribution in [0, 0.1) is 0 Å². The van der Waals surface area contributed by atoms with Gasteiger partial charge in [0, 0.05) is 37.8 Å². The van der Waals surface area contributed by atoms with E-state index in [4.69, 9.17) is 15.5 Å². The number of guanidine groups is 1. The van der Waals surface area contributed by atoms with Gasteiger partial charge < -0.3 is 20.3 Å². The molecule has 7 nitrogen and oxygen atoms in total. The van der Waals surface area contributed by atoms with Crippen molar-refractivity contribution in [2.75, 3.05) is 57.8 Å². The third-order valence-corrected chi connectivity index (χ3v) is 6.28. The third kappa shape index (κ3) is 5.39. The first-order valence-electron chi connectivity index (χ1n) is 10.2. The summed E-state index contributed by atoms with van der Waals surface area (Å²) in [6.45, 7) is 10.5. The van der Waals surface area contributed by atoms with Gasteiger partial charge in [-0.3, -0.25) is 9.89 Å².